The fourth-order valence-corrected chi connectivity index (χ4v) is 4.26. The first-order valence-electron chi connectivity index (χ1n) is 9.44. The largest absolute Gasteiger partial charge is 0.490 e. The monoisotopic (exact) mass is 381 g/mol. The van der Waals surface area contributed by atoms with Gasteiger partial charge in [0.25, 0.3) is 0 Å². The van der Waals surface area contributed by atoms with Crippen molar-refractivity contribution in [1.29, 1.82) is 0 Å². The number of esters is 1. The second-order valence-electron chi connectivity index (χ2n) is 7.01. The fraction of sp³-hybridized carbons (Fsp3) is 0.364. The molecule has 1 heterocycles. The highest BCUT2D eigenvalue weighted by Gasteiger charge is 2.19. The van der Waals surface area contributed by atoms with Crippen molar-refractivity contribution in [2.75, 3.05) is 7.11 Å². The van der Waals surface area contributed by atoms with Gasteiger partial charge >= 0.3 is 5.97 Å². The number of ether oxygens (including phenoxy) is 2. The molecule has 0 spiro atoms. The molecule has 1 aromatic heterocycles. The molecule has 4 nitrogen and oxygen atoms in total. The number of benzene rings is 2. The van der Waals surface area contributed by atoms with Crippen LogP contribution in [-0.2, 0) is 16.0 Å². The third-order valence-electron chi connectivity index (χ3n) is 5.15. The van der Waals surface area contributed by atoms with Crippen molar-refractivity contribution in [3.8, 4) is 16.9 Å². The number of hydrogen-bond acceptors (Lipinski definition) is 5. The summed E-state index contributed by atoms with van der Waals surface area (Å²) in [7, 11) is 1.43. The van der Waals surface area contributed by atoms with E-state index in [1.54, 1.807) is 0 Å². The van der Waals surface area contributed by atoms with Crippen LogP contribution in [0.1, 0.15) is 37.7 Å². The van der Waals surface area contributed by atoms with Crippen LogP contribution in [0.2, 0.25) is 0 Å². The van der Waals surface area contributed by atoms with E-state index in [0.29, 0.717) is 18.9 Å². The molecule has 0 radical (unpaired) electrons. The maximum Gasteiger partial charge on any atom is 0.305 e. The fourth-order valence-electron chi connectivity index (χ4n) is 3.64. The zero-order valence-electron chi connectivity index (χ0n) is 15.4. The summed E-state index contributed by atoms with van der Waals surface area (Å²) in [5.41, 5.74) is 3.31. The Bertz CT molecular complexity index is 944. The summed E-state index contributed by atoms with van der Waals surface area (Å²) in [5.74, 6) is 0.736. The van der Waals surface area contributed by atoms with Gasteiger partial charge in [0.1, 0.15) is 5.75 Å². The quantitative estimate of drug-likeness (QED) is 0.537. The van der Waals surface area contributed by atoms with Crippen molar-refractivity contribution < 1.29 is 14.3 Å². The lowest BCUT2D eigenvalue weighted by Crippen LogP contribution is -2.11. The molecule has 0 N–H and O–H groups in total. The summed E-state index contributed by atoms with van der Waals surface area (Å²) in [6.45, 7) is 0. The van der Waals surface area contributed by atoms with Crippen LogP contribution in [0.4, 0.5) is 0 Å². The normalized spacial score (nSPS) is 14.6. The molecule has 1 fully saturated rings. The molecule has 1 aliphatic carbocycles. The van der Waals surface area contributed by atoms with Crippen molar-refractivity contribution in [3.63, 3.8) is 0 Å². The Hall–Kier alpha value is -2.40. The maximum absolute atomic E-state index is 11.5. The number of hydrogen-bond donors (Lipinski definition) is 0. The Balaban J connectivity index is 1.68. The second kappa shape index (κ2) is 8.09. The lowest BCUT2D eigenvalue weighted by atomic mass is 9.99. The first-order chi connectivity index (χ1) is 13.2. The summed E-state index contributed by atoms with van der Waals surface area (Å²) >= 11 is 1.51. The minimum absolute atomic E-state index is 0.186. The summed E-state index contributed by atoms with van der Waals surface area (Å²) in [4.78, 5) is 11.5. The molecule has 1 saturated carbocycles. The van der Waals surface area contributed by atoms with E-state index in [4.69, 9.17) is 9.47 Å². The molecule has 0 bridgehead atoms. The SMILES string of the molecule is COC(=O)CCc1ccc(OC2CCCC2)c(-c2ccc3sncc3c2)c1. The number of aryl methyl sites for hydroxylation is 1. The molecule has 0 amide bonds. The van der Waals surface area contributed by atoms with Crippen LogP contribution in [0, 0.1) is 0 Å². The molecule has 140 valence electrons. The number of rotatable bonds is 6. The van der Waals surface area contributed by atoms with Gasteiger partial charge in [0.05, 0.1) is 17.9 Å². The summed E-state index contributed by atoms with van der Waals surface area (Å²) < 4.78 is 16.6. The minimum Gasteiger partial charge on any atom is -0.490 e. The number of carbonyl (C=O) groups is 1. The standard InChI is InChI=1S/C22H23NO3S/c1-25-22(24)11-7-15-6-9-20(26-18-4-2-3-5-18)19(12-15)16-8-10-21-17(13-16)14-23-27-21/h6,8-10,12-14,18H,2-5,7,11H2,1H3. The van der Waals surface area contributed by atoms with E-state index in [1.807, 2.05) is 6.20 Å². The van der Waals surface area contributed by atoms with E-state index >= 15 is 0 Å². The van der Waals surface area contributed by atoms with Gasteiger partial charge < -0.3 is 9.47 Å². The van der Waals surface area contributed by atoms with Crippen LogP contribution in [0.25, 0.3) is 21.2 Å². The molecule has 4 rings (SSSR count). The van der Waals surface area contributed by atoms with Crippen LogP contribution >= 0.6 is 11.5 Å². The van der Waals surface area contributed by atoms with Gasteiger partial charge in [-0.3, -0.25) is 4.79 Å². The van der Waals surface area contributed by atoms with Gasteiger partial charge in [-0.1, -0.05) is 12.1 Å². The highest BCUT2D eigenvalue weighted by atomic mass is 32.1. The molecule has 1 aliphatic rings. The van der Waals surface area contributed by atoms with E-state index in [2.05, 4.69) is 40.8 Å². The van der Waals surface area contributed by atoms with Crippen LogP contribution in [0.5, 0.6) is 5.75 Å². The van der Waals surface area contributed by atoms with Gasteiger partial charge in [-0.25, -0.2) is 0 Å². The van der Waals surface area contributed by atoms with Crippen molar-refractivity contribution in [2.45, 2.75) is 44.6 Å². The van der Waals surface area contributed by atoms with Crippen molar-refractivity contribution in [3.05, 3.63) is 48.2 Å². The third kappa shape index (κ3) is 4.14. The van der Waals surface area contributed by atoms with E-state index < -0.39 is 0 Å². The topological polar surface area (TPSA) is 48.4 Å². The molecule has 0 saturated heterocycles. The smallest absolute Gasteiger partial charge is 0.305 e. The average molecular weight is 381 g/mol. The Morgan fingerprint density at radius 3 is 2.85 bits per heavy atom. The lowest BCUT2D eigenvalue weighted by Gasteiger charge is -2.18. The maximum atomic E-state index is 11.5. The Kier molecular flexibility index (Phi) is 5.39. The average Bonchev–Trinajstić information content (AvgIpc) is 3.37. The van der Waals surface area contributed by atoms with E-state index in [9.17, 15) is 4.79 Å². The van der Waals surface area contributed by atoms with Crippen molar-refractivity contribution in [1.82, 2.24) is 4.37 Å². The van der Waals surface area contributed by atoms with Crippen molar-refractivity contribution in [2.24, 2.45) is 0 Å². The van der Waals surface area contributed by atoms with Gasteiger partial charge in [0.15, 0.2) is 0 Å². The summed E-state index contributed by atoms with van der Waals surface area (Å²) in [6.07, 6.45) is 7.97. The number of aromatic nitrogens is 1. The second-order valence-corrected chi connectivity index (χ2v) is 7.84. The Morgan fingerprint density at radius 2 is 2.04 bits per heavy atom. The number of methoxy groups -OCH3 is 1. The zero-order valence-corrected chi connectivity index (χ0v) is 16.3. The predicted octanol–water partition coefficient (Wildman–Crippen LogP) is 5.39. The predicted molar refractivity (Wildman–Crippen MR) is 108 cm³/mol. The first kappa shape index (κ1) is 18.0. The molecule has 27 heavy (non-hydrogen) atoms. The highest BCUT2D eigenvalue weighted by Crippen LogP contribution is 2.36. The molecule has 0 aliphatic heterocycles. The van der Waals surface area contributed by atoms with Gasteiger partial charge in [0.2, 0.25) is 0 Å². The molecule has 0 atom stereocenters. The number of nitrogens with zero attached hydrogens (tertiary/aromatic N) is 1. The Morgan fingerprint density at radius 1 is 1.19 bits per heavy atom. The molecular weight excluding hydrogens is 358 g/mol. The Labute approximate surface area is 163 Å². The third-order valence-corrected chi connectivity index (χ3v) is 5.93. The summed E-state index contributed by atoms with van der Waals surface area (Å²) in [5, 5.41) is 1.14. The first-order valence-corrected chi connectivity index (χ1v) is 10.2. The highest BCUT2D eigenvalue weighted by molar-refractivity contribution is 7.13. The summed E-state index contributed by atoms with van der Waals surface area (Å²) in [6, 6.07) is 12.7. The number of carbonyl (C=O) groups excluding carboxylic acids is 1. The molecule has 5 heteroatoms. The molecule has 2 aromatic carbocycles. The zero-order chi connectivity index (χ0) is 18.6. The lowest BCUT2D eigenvalue weighted by molar-refractivity contribution is -0.140. The van der Waals surface area contributed by atoms with Crippen LogP contribution in [-0.4, -0.2) is 23.6 Å². The van der Waals surface area contributed by atoms with Gasteiger partial charge in [0, 0.05) is 23.6 Å². The molecule has 0 unspecified atom stereocenters. The van der Waals surface area contributed by atoms with Crippen LogP contribution in [0.15, 0.2) is 42.6 Å². The number of fused-ring (bicyclic) bond motifs is 1. The van der Waals surface area contributed by atoms with Crippen molar-refractivity contribution >= 4 is 27.6 Å². The van der Waals surface area contributed by atoms with Gasteiger partial charge in [-0.05, 0) is 79.0 Å². The van der Waals surface area contributed by atoms with E-state index in [0.717, 1.165) is 40.7 Å². The van der Waals surface area contributed by atoms with Gasteiger partial charge in [-0.15, -0.1) is 0 Å². The molecule has 3 aromatic rings. The van der Waals surface area contributed by atoms with E-state index in [-0.39, 0.29) is 5.97 Å². The minimum atomic E-state index is -0.186. The van der Waals surface area contributed by atoms with E-state index in [1.165, 1.54) is 36.2 Å². The van der Waals surface area contributed by atoms with Crippen LogP contribution in [0.3, 0.4) is 0 Å². The van der Waals surface area contributed by atoms with Gasteiger partial charge in [-0.2, -0.15) is 4.37 Å². The molecular formula is C22H23NO3S. The van der Waals surface area contributed by atoms with Crippen LogP contribution < -0.4 is 4.74 Å².